The van der Waals surface area contributed by atoms with Crippen molar-refractivity contribution in [2.75, 3.05) is 56.1 Å². The van der Waals surface area contributed by atoms with Crippen LogP contribution in [-0.2, 0) is 14.3 Å². The van der Waals surface area contributed by atoms with Gasteiger partial charge in [0.15, 0.2) is 0 Å². The molecule has 2 saturated heterocycles. The molecule has 2 N–H and O–H groups in total. The summed E-state index contributed by atoms with van der Waals surface area (Å²) in [5.74, 6) is 0.950. The average molecular weight is 524 g/mol. The Morgan fingerprint density at radius 2 is 1.84 bits per heavy atom. The highest BCUT2D eigenvalue weighted by atomic mass is 16.6. The molecule has 0 radical (unpaired) electrons. The highest BCUT2D eigenvalue weighted by Gasteiger charge is 2.51. The van der Waals surface area contributed by atoms with Crippen molar-refractivity contribution in [2.24, 2.45) is 5.41 Å². The largest absolute Gasteiger partial charge is 0.483 e. The Morgan fingerprint density at radius 3 is 2.47 bits per heavy atom. The molecule has 10 heteroatoms. The summed E-state index contributed by atoms with van der Waals surface area (Å²) < 4.78 is 5.16. The van der Waals surface area contributed by atoms with E-state index in [1.165, 1.54) is 26.2 Å². The summed E-state index contributed by atoms with van der Waals surface area (Å²) in [6, 6.07) is 12.7. The zero-order valence-electron chi connectivity index (χ0n) is 22.1. The molecular formula is C28H37N5O5. The van der Waals surface area contributed by atoms with Crippen LogP contribution < -0.4 is 10.2 Å². The number of amides is 2. The fourth-order valence-electron chi connectivity index (χ4n) is 5.99. The number of ether oxygens (including phenoxy) is 1. The Morgan fingerprint density at radius 1 is 1.16 bits per heavy atom. The Kier molecular flexibility index (Phi) is 8.83. The Balaban J connectivity index is 0.00000107. The van der Waals surface area contributed by atoms with Crippen LogP contribution in [0.25, 0.3) is 11.1 Å². The lowest BCUT2D eigenvalue weighted by atomic mass is 9.78. The Labute approximate surface area is 223 Å². The van der Waals surface area contributed by atoms with E-state index in [0.29, 0.717) is 18.1 Å². The molecule has 2 amide bonds. The number of nitrogens with zero attached hydrogens (tertiary/aromatic N) is 4. The van der Waals surface area contributed by atoms with E-state index >= 15 is 0 Å². The van der Waals surface area contributed by atoms with Crippen molar-refractivity contribution in [3.05, 3.63) is 42.6 Å². The normalized spacial score (nSPS) is 20.2. The molecule has 3 heterocycles. The van der Waals surface area contributed by atoms with E-state index in [1.807, 2.05) is 48.4 Å². The summed E-state index contributed by atoms with van der Waals surface area (Å²) in [7, 11) is 0. The van der Waals surface area contributed by atoms with Crippen LogP contribution in [0.4, 0.5) is 16.3 Å². The first-order valence-electron chi connectivity index (χ1n) is 13.2. The highest BCUT2D eigenvalue weighted by Crippen LogP contribution is 2.47. The maximum absolute atomic E-state index is 12.0. The van der Waals surface area contributed by atoms with Crippen molar-refractivity contribution in [1.29, 1.82) is 0 Å². The lowest BCUT2D eigenvalue weighted by Gasteiger charge is -2.48. The number of pyridine rings is 1. The van der Waals surface area contributed by atoms with Gasteiger partial charge in [-0.15, -0.1) is 0 Å². The van der Waals surface area contributed by atoms with Crippen LogP contribution in [0.1, 0.15) is 33.1 Å². The lowest BCUT2D eigenvalue weighted by molar-refractivity contribution is -0.123. The Hall–Kier alpha value is -3.66. The molecule has 5 rings (SSSR count). The minimum atomic E-state index is -0.250. The first-order chi connectivity index (χ1) is 18.4. The van der Waals surface area contributed by atoms with E-state index in [4.69, 9.17) is 19.6 Å². The number of nitrogens with one attached hydrogen (secondary N) is 1. The maximum Gasteiger partial charge on any atom is 0.409 e. The number of hydrogen-bond acceptors (Lipinski definition) is 7. The standard InChI is InChI=1S/C27H35N5O3.CH2O2/c1-3-35-26(34)32-18-27(19-32)11-10-23(17-27)30-13-15-31(16-14-30)25-24(5-4-12-28-25)21-6-8-22(9-7-21)29-20(2)33;2-1-3/h4-9,12,23H,3,10-11,13-19H2,1-2H3,(H,29,33);1H,(H,2,3). The van der Waals surface area contributed by atoms with Gasteiger partial charge in [-0.1, -0.05) is 12.1 Å². The summed E-state index contributed by atoms with van der Waals surface area (Å²) in [6.45, 7) is 9.22. The molecule has 38 heavy (non-hydrogen) atoms. The minimum absolute atomic E-state index is 0.0699. The van der Waals surface area contributed by atoms with Crippen molar-refractivity contribution in [3.8, 4) is 11.1 Å². The van der Waals surface area contributed by atoms with Gasteiger partial charge in [-0.3, -0.25) is 14.5 Å². The van der Waals surface area contributed by atoms with Gasteiger partial charge in [0, 0.05) is 75.1 Å². The van der Waals surface area contributed by atoms with Crippen molar-refractivity contribution < 1.29 is 24.2 Å². The van der Waals surface area contributed by atoms with Gasteiger partial charge in [-0.25, -0.2) is 9.78 Å². The zero-order chi connectivity index (χ0) is 27.1. The van der Waals surface area contributed by atoms with Crippen molar-refractivity contribution in [2.45, 2.75) is 39.2 Å². The molecule has 1 aromatic carbocycles. The van der Waals surface area contributed by atoms with Gasteiger partial charge < -0.3 is 25.0 Å². The number of aromatic nitrogens is 1. The van der Waals surface area contributed by atoms with Crippen molar-refractivity contribution in [3.63, 3.8) is 0 Å². The molecule has 204 valence electrons. The van der Waals surface area contributed by atoms with Gasteiger partial charge in [0.25, 0.3) is 6.47 Å². The SMILES string of the molecule is CCOC(=O)N1CC2(CCC(N3CCN(c4ncccc4-c4ccc(NC(C)=O)cc4)CC3)C2)C1.O=CO. The summed E-state index contributed by atoms with van der Waals surface area (Å²) in [5.41, 5.74) is 3.31. The molecule has 3 aliphatic rings. The zero-order valence-corrected chi connectivity index (χ0v) is 22.1. The van der Waals surface area contributed by atoms with Gasteiger partial charge in [0.1, 0.15) is 5.82 Å². The minimum Gasteiger partial charge on any atom is -0.483 e. The van der Waals surface area contributed by atoms with Crippen molar-refractivity contribution in [1.82, 2.24) is 14.8 Å². The average Bonchev–Trinajstić information content (AvgIpc) is 3.35. The van der Waals surface area contributed by atoms with E-state index < -0.39 is 0 Å². The van der Waals surface area contributed by atoms with Gasteiger partial charge in [0.05, 0.1) is 6.61 Å². The number of anilines is 2. The smallest absolute Gasteiger partial charge is 0.409 e. The molecule has 1 unspecified atom stereocenters. The number of hydrogen-bond donors (Lipinski definition) is 2. The molecule has 0 bridgehead atoms. The number of benzene rings is 1. The Bertz CT molecular complexity index is 1110. The van der Waals surface area contributed by atoms with E-state index in [1.54, 1.807) is 0 Å². The van der Waals surface area contributed by atoms with Crippen LogP contribution in [0.2, 0.25) is 0 Å². The molecule has 1 saturated carbocycles. The first-order valence-corrected chi connectivity index (χ1v) is 13.2. The third kappa shape index (κ3) is 6.24. The molecule has 10 nitrogen and oxygen atoms in total. The lowest BCUT2D eigenvalue weighted by Crippen LogP contribution is -2.58. The van der Waals surface area contributed by atoms with Crippen LogP contribution in [-0.4, -0.2) is 90.3 Å². The predicted molar refractivity (Wildman–Crippen MR) is 145 cm³/mol. The summed E-state index contributed by atoms with van der Waals surface area (Å²) in [4.78, 5) is 43.3. The van der Waals surface area contributed by atoms with Gasteiger partial charge in [-0.05, 0) is 56.0 Å². The van der Waals surface area contributed by atoms with E-state index in [0.717, 1.165) is 61.9 Å². The first kappa shape index (κ1) is 27.4. The molecule has 2 aliphatic heterocycles. The van der Waals surface area contributed by atoms with Crippen LogP contribution in [0, 0.1) is 5.41 Å². The van der Waals surface area contributed by atoms with Crippen LogP contribution in [0.5, 0.6) is 0 Å². The second-order valence-corrected chi connectivity index (χ2v) is 10.2. The third-order valence-corrected chi connectivity index (χ3v) is 7.69. The molecule has 3 fully saturated rings. The predicted octanol–water partition coefficient (Wildman–Crippen LogP) is 3.54. The number of rotatable bonds is 5. The van der Waals surface area contributed by atoms with Crippen LogP contribution in [0.3, 0.4) is 0 Å². The number of likely N-dealkylation sites (tertiary alicyclic amines) is 1. The van der Waals surface area contributed by atoms with E-state index in [2.05, 4.69) is 21.2 Å². The van der Waals surface area contributed by atoms with Gasteiger partial charge >= 0.3 is 6.09 Å². The monoisotopic (exact) mass is 523 g/mol. The van der Waals surface area contributed by atoms with E-state index in [-0.39, 0.29) is 18.5 Å². The summed E-state index contributed by atoms with van der Waals surface area (Å²) in [6.07, 6.45) is 5.30. The number of carbonyl (C=O) groups is 3. The topological polar surface area (TPSA) is 115 Å². The number of carboxylic acid groups (broad SMARTS) is 1. The molecule has 1 aromatic heterocycles. The van der Waals surface area contributed by atoms with Crippen molar-refractivity contribution >= 4 is 30.0 Å². The summed E-state index contributed by atoms with van der Waals surface area (Å²) >= 11 is 0. The fourth-order valence-corrected chi connectivity index (χ4v) is 5.99. The van der Waals surface area contributed by atoms with Gasteiger partial charge in [0.2, 0.25) is 5.91 Å². The van der Waals surface area contributed by atoms with E-state index in [9.17, 15) is 9.59 Å². The second-order valence-electron chi connectivity index (χ2n) is 10.2. The highest BCUT2D eigenvalue weighted by molar-refractivity contribution is 5.89. The number of piperazine rings is 1. The third-order valence-electron chi connectivity index (χ3n) is 7.69. The number of carbonyl (C=O) groups excluding carboxylic acids is 2. The van der Waals surface area contributed by atoms with Crippen LogP contribution >= 0.6 is 0 Å². The summed E-state index contributed by atoms with van der Waals surface area (Å²) in [5, 5.41) is 9.71. The quantitative estimate of drug-likeness (QED) is 0.572. The van der Waals surface area contributed by atoms with Crippen LogP contribution in [0.15, 0.2) is 42.6 Å². The molecule has 1 spiro atoms. The fraction of sp³-hybridized carbons (Fsp3) is 0.500. The second kappa shape index (κ2) is 12.3. The van der Waals surface area contributed by atoms with Gasteiger partial charge in [-0.2, -0.15) is 0 Å². The molecular weight excluding hydrogens is 486 g/mol. The molecule has 2 aromatic rings. The molecule has 1 atom stereocenters. The molecule has 1 aliphatic carbocycles. The maximum atomic E-state index is 12.0.